The van der Waals surface area contributed by atoms with Crippen LogP contribution in [0.5, 0.6) is 0 Å². The Bertz CT molecular complexity index is 455. The van der Waals surface area contributed by atoms with Gasteiger partial charge in [-0.1, -0.05) is 30.3 Å². The van der Waals surface area contributed by atoms with Gasteiger partial charge in [-0.25, -0.2) is 0 Å². The van der Waals surface area contributed by atoms with Crippen molar-refractivity contribution in [2.45, 2.75) is 32.2 Å². The van der Waals surface area contributed by atoms with Crippen molar-refractivity contribution in [1.82, 2.24) is 15.5 Å². The van der Waals surface area contributed by atoms with Crippen molar-refractivity contribution in [2.24, 2.45) is 10.9 Å². The van der Waals surface area contributed by atoms with Gasteiger partial charge in [-0.2, -0.15) is 0 Å². The average molecular weight is 430 g/mol. The second kappa shape index (κ2) is 10.9. The largest absolute Gasteiger partial charge is 0.356 e. The molecule has 1 atom stereocenters. The van der Waals surface area contributed by atoms with Crippen molar-refractivity contribution >= 4 is 29.9 Å². The van der Waals surface area contributed by atoms with Gasteiger partial charge >= 0.3 is 0 Å². The first-order chi connectivity index (χ1) is 10.7. The van der Waals surface area contributed by atoms with Crippen molar-refractivity contribution in [3.63, 3.8) is 0 Å². The maximum absolute atomic E-state index is 4.33. The minimum Gasteiger partial charge on any atom is -0.356 e. The van der Waals surface area contributed by atoms with Gasteiger partial charge in [0.05, 0.1) is 6.04 Å². The standard InChI is InChI=1S/C18H30N4.HI/c1-15(17-7-5-4-6-8-17)21-18(19-2)20-12-9-16-10-13-22(3)14-11-16;/h4-8,15-16H,9-14H2,1-3H3,(H2,19,20,21);1H. The summed E-state index contributed by atoms with van der Waals surface area (Å²) in [7, 11) is 4.05. The second-order valence-corrected chi connectivity index (χ2v) is 6.31. The first kappa shape index (κ1) is 20.2. The van der Waals surface area contributed by atoms with Gasteiger partial charge in [-0.3, -0.25) is 4.99 Å². The Morgan fingerprint density at radius 3 is 2.52 bits per heavy atom. The topological polar surface area (TPSA) is 39.7 Å². The lowest BCUT2D eigenvalue weighted by Gasteiger charge is -2.29. The summed E-state index contributed by atoms with van der Waals surface area (Å²) >= 11 is 0. The molecule has 0 spiro atoms. The lowest BCUT2D eigenvalue weighted by atomic mass is 9.94. The number of nitrogens with zero attached hydrogens (tertiary/aromatic N) is 2. The molecular weight excluding hydrogens is 399 g/mol. The zero-order chi connectivity index (χ0) is 15.8. The minimum atomic E-state index is 0. The van der Waals surface area contributed by atoms with Gasteiger partial charge in [0.25, 0.3) is 0 Å². The maximum atomic E-state index is 4.33. The van der Waals surface area contributed by atoms with Gasteiger partial charge in [-0.05, 0) is 57.8 Å². The zero-order valence-corrected chi connectivity index (χ0v) is 16.9. The van der Waals surface area contributed by atoms with Gasteiger partial charge in [-0.15, -0.1) is 24.0 Å². The molecule has 0 bridgehead atoms. The average Bonchev–Trinajstić information content (AvgIpc) is 2.56. The van der Waals surface area contributed by atoms with Crippen molar-refractivity contribution in [2.75, 3.05) is 33.7 Å². The molecule has 130 valence electrons. The van der Waals surface area contributed by atoms with Crippen LogP contribution in [-0.2, 0) is 0 Å². The number of halogens is 1. The molecule has 1 aliphatic heterocycles. The molecule has 2 N–H and O–H groups in total. The molecule has 0 saturated carbocycles. The second-order valence-electron chi connectivity index (χ2n) is 6.31. The molecule has 1 fully saturated rings. The number of rotatable bonds is 5. The van der Waals surface area contributed by atoms with Crippen molar-refractivity contribution in [3.8, 4) is 0 Å². The molecule has 1 unspecified atom stereocenters. The number of hydrogen-bond acceptors (Lipinski definition) is 2. The fraction of sp³-hybridized carbons (Fsp3) is 0.611. The van der Waals surface area contributed by atoms with E-state index in [1.165, 1.54) is 37.9 Å². The van der Waals surface area contributed by atoms with Crippen LogP contribution < -0.4 is 10.6 Å². The predicted molar refractivity (Wildman–Crippen MR) is 110 cm³/mol. The molecule has 0 aromatic heterocycles. The number of guanidine groups is 1. The molecule has 0 amide bonds. The summed E-state index contributed by atoms with van der Waals surface area (Å²) in [5.41, 5.74) is 1.28. The molecule has 4 nitrogen and oxygen atoms in total. The number of likely N-dealkylation sites (tertiary alicyclic amines) is 1. The van der Waals surface area contributed by atoms with E-state index in [0.29, 0.717) is 0 Å². The zero-order valence-electron chi connectivity index (χ0n) is 14.6. The molecule has 23 heavy (non-hydrogen) atoms. The quantitative estimate of drug-likeness (QED) is 0.428. The van der Waals surface area contributed by atoms with Crippen molar-refractivity contribution in [1.29, 1.82) is 0 Å². The fourth-order valence-electron chi connectivity index (χ4n) is 2.97. The van der Waals surface area contributed by atoms with Crippen LogP contribution >= 0.6 is 24.0 Å². The predicted octanol–water partition coefficient (Wildman–Crippen LogP) is 3.26. The highest BCUT2D eigenvalue weighted by Gasteiger charge is 2.16. The lowest BCUT2D eigenvalue weighted by Crippen LogP contribution is -2.40. The van der Waals surface area contributed by atoms with Gasteiger partial charge in [0, 0.05) is 13.6 Å². The number of nitrogens with one attached hydrogen (secondary N) is 2. The van der Waals surface area contributed by atoms with Crippen LogP contribution in [0, 0.1) is 5.92 Å². The Kier molecular flexibility index (Phi) is 9.55. The summed E-state index contributed by atoms with van der Waals surface area (Å²) in [5, 5.41) is 6.91. The molecule has 5 heteroatoms. The molecular formula is C18H31IN4. The van der Waals surface area contributed by atoms with Gasteiger partial charge in [0.2, 0.25) is 0 Å². The van der Waals surface area contributed by atoms with Crippen LogP contribution in [0.25, 0.3) is 0 Å². The van der Waals surface area contributed by atoms with Crippen LogP contribution in [0.15, 0.2) is 35.3 Å². The van der Waals surface area contributed by atoms with E-state index in [9.17, 15) is 0 Å². The summed E-state index contributed by atoms with van der Waals surface area (Å²) in [6.07, 6.45) is 3.88. The van der Waals surface area contributed by atoms with Crippen LogP contribution in [0.2, 0.25) is 0 Å². The number of aliphatic imine (C=N–C) groups is 1. The van der Waals surface area contributed by atoms with Gasteiger partial charge in [0.15, 0.2) is 5.96 Å². The Balaban J connectivity index is 0.00000264. The molecule has 1 saturated heterocycles. The van der Waals surface area contributed by atoms with E-state index < -0.39 is 0 Å². The summed E-state index contributed by atoms with van der Waals surface area (Å²) in [5.74, 6) is 1.75. The van der Waals surface area contributed by atoms with Crippen molar-refractivity contribution in [3.05, 3.63) is 35.9 Å². The van der Waals surface area contributed by atoms with Crippen LogP contribution in [0.3, 0.4) is 0 Å². The number of benzene rings is 1. The van der Waals surface area contributed by atoms with Crippen molar-refractivity contribution < 1.29 is 0 Å². The minimum absolute atomic E-state index is 0. The van der Waals surface area contributed by atoms with E-state index >= 15 is 0 Å². The third-order valence-electron chi connectivity index (χ3n) is 4.56. The van der Waals surface area contributed by atoms with E-state index in [1.807, 2.05) is 13.1 Å². The van der Waals surface area contributed by atoms with E-state index in [2.05, 4.69) is 58.8 Å². The van der Waals surface area contributed by atoms with Crippen LogP contribution in [0.1, 0.15) is 37.8 Å². The van der Waals surface area contributed by atoms with E-state index in [1.54, 1.807) is 0 Å². The lowest BCUT2D eigenvalue weighted by molar-refractivity contribution is 0.213. The van der Waals surface area contributed by atoms with E-state index in [4.69, 9.17) is 0 Å². The molecule has 2 rings (SSSR count). The molecule has 0 aliphatic carbocycles. The van der Waals surface area contributed by atoms with E-state index in [0.717, 1.165) is 18.4 Å². The SMILES string of the molecule is CN=C(NCCC1CCN(C)CC1)NC(C)c1ccccc1.I. The third-order valence-corrected chi connectivity index (χ3v) is 4.56. The first-order valence-corrected chi connectivity index (χ1v) is 8.39. The summed E-state index contributed by atoms with van der Waals surface area (Å²) in [6, 6.07) is 10.7. The summed E-state index contributed by atoms with van der Waals surface area (Å²) < 4.78 is 0. The van der Waals surface area contributed by atoms with Crippen LogP contribution in [0.4, 0.5) is 0 Å². The molecule has 0 radical (unpaired) electrons. The summed E-state index contributed by atoms with van der Waals surface area (Å²) in [6.45, 7) is 5.64. The highest BCUT2D eigenvalue weighted by molar-refractivity contribution is 14.0. The van der Waals surface area contributed by atoms with Gasteiger partial charge in [0.1, 0.15) is 0 Å². The number of hydrogen-bond donors (Lipinski definition) is 2. The Morgan fingerprint density at radius 2 is 1.91 bits per heavy atom. The Labute approximate surface area is 158 Å². The van der Waals surface area contributed by atoms with Crippen LogP contribution in [-0.4, -0.2) is 44.6 Å². The summed E-state index contributed by atoms with van der Waals surface area (Å²) in [4.78, 5) is 6.76. The first-order valence-electron chi connectivity index (χ1n) is 8.39. The van der Waals surface area contributed by atoms with Gasteiger partial charge < -0.3 is 15.5 Å². The molecule has 1 aliphatic rings. The highest BCUT2D eigenvalue weighted by atomic mass is 127. The molecule has 1 heterocycles. The highest BCUT2D eigenvalue weighted by Crippen LogP contribution is 2.18. The third kappa shape index (κ3) is 7.08. The Hall–Kier alpha value is -0.820. The maximum Gasteiger partial charge on any atom is 0.191 e. The molecule has 1 aromatic carbocycles. The molecule has 1 aromatic rings. The Morgan fingerprint density at radius 1 is 1.26 bits per heavy atom. The number of piperidine rings is 1. The fourth-order valence-corrected chi connectivity index (χ4v) is 2.97. The van der Waals surface area contributed by atoms with E-state index in [-0.39, 0.29) is 30.0 Å². The smallest absolute Gasteiger partial charge is 0.191 e. The normalized spacial score (nSPS) is 18.1. The monoisotopic (exact) mass is 430 g/mol.